The first-order valence-electron chi connectivity index (χ1n) is 7.68. The van der Waals surface area contributed by atoms with Crippen LogP contribution in [0.15, 0.2) is 54.6 Å². The van der Waals surface area contributed by atoms with Gasteiger partial charge in [0.2, 0.25) is 0 Å². The average Bonchev–Trinajstić information content (AvgIpc) is 2.55. The van der Waals surface area contributed by atoms with Crippen LogP contribution in [-0.2, 0) is 6.42 Å². The van der Waals surface area contributed by atoms with Crippen molar-refractivity contribution >= 4 is 0 Å². The number of methoxy groups -OCH3 is 1. The van der Waals surface area contributed by atoms with E-state index >= 15 is 0 Å². The Hall–Kier alpha value is -1.80. The molecule has 2 nitrogen and oxygen atoms in total. The van der Waals surface area contributed by atoms with Crippen LogP contribution >= 0.6 is 0 Å². The number of nitrogens with one attached hydrogen (secondary N) is 1. The Morgan fingerprint density at radius 1 is 1.00 bits per heavy atom. The van der Waals surface area contributed by atoms with E-state index in [1.54, 1.807) is 7.11 Å². The maximum absolute atomic E-state index is 5.19. The van der Waals surface area contributed by atoms with Crippen molar-refractivity contribution in [3.05, 3.63) is 65.7 Å². The topological polar surface area (TPSA) is 21.3 Å². The molecule has 0 aliphatic carbocycles. The summed E-state index contributed by atoms with van der Waals surface area (Å²) in [4.78, 5) is 0. The largest absolute Gasteiger partial charge is 0.497 e. The third-order valence-corrected chi connectivity index (χ3v) is 3.80. The summed E-state index contributed by atoms with van der Waals surface area (Å²) in [7, 11) is 1.70. The standard InChI is InChI=1S/C19H25NO/c1-16(18-10-12-19(21-2)13-11-18)15-20-14-6-9-17-7-4-3-5-8-17/h3-5,7-8,10-13,16,20H,6,9,14-15H2,1-2H3. The zero-order chi connectivity index (χ0) is 14.9. The first-order valence-corrected chi connectivity index (χ1v) is 7.68. The van der Waals surface area contributed by atoms with Crippen molar-refractivity contribution in [2.24, 2.45) is 0 Å². The lowest BCUT2D eigenvalue weighted by atomic mass is 10.0. The third kappa shape index (κ3) is 5.24. The van der Waals surface area contributed by atoms with Gasteiger partial charge in [-0.1, -0.05) is 49.4 Å². The molecule has 0 bridgehead atoms. The van der Waals surface area contributed by atoms with Gasteiger partial charge < -0.3 is 10.1 Å². The Morgan fingerprint density at radius 3 is 2.38 bits per heavy atom. The van der Waals surface area contributed by atoms with Crippen molar-refractivity contribution in [3.8, 4) is 5.75 Å². The molecule has 21 heavy (non-hydrogen) atoms. The van der Waals surface area contributed by atoms with Crippen LogP contribution in [-0.4, -0.2) is 20.2 Å². The minimum Gasteiger partial charge on any atom is -0.497 e. The van der Waals surface area contributed by atoms with E-state index in [2.05, 4.69) is 54.7 Å². The maximum atomic E-state index is 5.19. The second-order valence-electron chi connectivity index (χ2n) is 5.47. The van der Waals surface area contributed by atoms with Crippen LogP contribution in [0.4, 0.5) is 0 Å². The molecule has 2 aromatic rings. The zero-order valence-electron chi connectivity index (χ0n) is 13.0. The molecular weight excluding hydrogens is 258 g/mol. The fraction of sp³-hybridized carbons (Fsp3) is 0.368. The highest BCUT2D eigenvalue weighted by Gasteiger charge is 2.05. The summed E-state index contributed by atoms with van der Waals surface area (Å²) in [6.07, 6.45) is 2.32. The highest BCUT2D eigenvalue weighted by molar-refractivity contribution is 5.29. The van der Waals surface area contributed by atoms with Crippen LogP contribution in [0, 0.1) is 0 Å². The first kappa shape index (κ1) is 15.6. The molecule has 2 heteroatoms. The van der Waals surface area contributed by atoms with Crippen LogP contribution in [0.1, 0.15) is 30.4 Å². The average molecular weight is 283 g/mol. The minimum atomic E-state index is 0.521. The molecule has 1 unspecified atom stereocenters. The Morgan fingerprint density at radius 2 is 1.71 bits per heavy atom. The van der Waals surface area contributed by atoms with E-state index in [1.807, 2.05) is 12.1 Å². The molecule has 0 aliphatic rings. The molecule has 0 radical (unpaired) electrons. The van der Waals surface area contributed by atoms with E-state index in [1.165, 1.54) is 17.5 Å². The number of hydrogen-bond donors (Lipinski definition) is 1. The summed E-state index contributed by atoms with van der Waals surface area (Å²) in [6.45, 7) is 4.34. The molecule has 1 N–H and O–H groups in total. The summed E-state index contributed by atoms with van der Waals surface area (Å²) in [5.41, 5.74) is 2.77. The molecule has 0 heterocycles. The van der Waals surface area contributed by atoms with Crippen molar-refractivity contribution in [2.45, 2.75) is 25.7 Å². The van der Waals surface area contributed by atoms with Gasteiger partial charge in [0.05, 0.1) is 7.11 Å². The van der Waals surface area contributed by atoms with Gasteiger partial charge >= 0.3 is 0 Å². The highest BCUT2D eigenvalue weighted by atomic mass is 16.5. The molecule has 2 aromatic carbocycles. The molecule has 0 saturated carbocycles. The van der Waals surface area contributed by atoms with E-state index in [-0.39, 0.29) is 0 Å². The summed E-state index contributed by atoms with van der Waals surface area (Å²) in [6, 6.07) is 19.0. The normalized spacial score (nSPS) is 12.1. The van der Waals surface area contributed by atoms with Crippen LogP contribution in [0.25, 0.3) is 0 Å². The summed E-state index contributed by atoms with van der Waals surface area (Å²) in [5, 5.41) is 3.55. The van der Waals surface area contributed by atoms with Gasteiger partial charge in [-0.05, 0) is 48.6 Å². The highest BCUT2D eigenvalue weighted by Crippen LogP contribution is 2.18. The zero-order valence-corrected chi connectivity index (χ0v) is 13.0. The second kappa shape index (κ2) is 8.48. The molecule has 1 atom stereocenters. The molecule has 0 spiro atoms. The van der Waals surface area contributed by atoms with E-state index < -0.39 is 0 Å². The molecule has 112 valence electrons. The van der Waals surface area contributed by atoms with Crippen LogP contribution < -0.4 is 10.1 Å². The van der Waals surface area contributed by atoms with Crippen LogP contribution in [0.2, 0.25) is 0 Å². The number of hydrogen-bond acceptors (Lipinski definition) is 2. The van der Waals surface area contributed by atoms with Gasteiger partial charge in [-0.15, -0.1) is 0 Å². The van der Waals surface area contributed by atoms with E-state index in [9.17, 15) is 0 Å². The van der Waals surface area contributed by atoms with Crippen molar-refractivity contribution in [3.63, 3.8) is 0 Å². The van der Waals surface area contributed by atoms with E-state index in [4.69, 9.17) is 4.74 Å². The minimum absolute atomic E-state index is 0.521. The van der Waals surface area contributed by atoms with Gasteiger partial charge in [-0.2, -0.15) is 0 Å². The second-order valence-corrected chi connectivity index (χ2v) is 5.47. The first-order chi connectivity index (χ1) is 10.3. The number of ether oxygens (including phenoxy) is 1. The summed E-state index contributed by atoms with van der Waals surface area (Å²) >= 11 is 0. The van der Waals surface area contributed by atoms with Gasteiger partial charge in [0.1, 0.15) is 5.75 Å². The fourth-order valence-electron chi connectivity index (χ4n) is 2.43. The number of benzene rings is 2. The summed E-state index contributed by atoms with van der Waals surface area (Å²) in [5.74, 6) is 1.44. The van der Waals surface area contributed by atoms with Gasteiger partial charge in [0, 0.05) is 6.54 Å². The monoisotopic (exact) mass is 283 g/mol. The Labute approximate surface area is 128 Å². The van der Waals surface area contributed by atoms with E-state index in [0.717, 1.165) is 25.3 Å². The number of aryl methyl sites for hydroxylation is 1. The molecule has 0 aromatic heterocycles. The lowest BCUT2D eigenvalue weighted by Gasteiger charge is -2.13. The molecule has 2 rings (SSSR count). The van der Waals surface area contributed by atoms with Gasteiger partial charge in [0.15, 0.2) is 0 Å². The van der Waals surface area contributed by atoms with Gasteiger partial charge in [0.25, 0.3) is 0 Å². The maximum Gasteiger partial charge on any atom is 0.118 e. The molecule has 0 amide bonds. The smallest absolute Gasteiger partial charge is 0.118 e. The van der Waals surface area contributed by atoms with Crippen LogP contribution in [0.5, 0.6) is 5.75 Å². The van der Waals surface area contributed by atoms with Crippen molar-refractivity contribution in [2.75, 3.05) is 20.2 Å². The van der Waals surface area contributed by atoms with Crippen molar-refractivity contribution in [1.82, 2.24) is 5.32 Å². The van der Waals surface area contributed by atoms with E-state index in [0.29, 0.717) is 5.92 Å². The predicted octanol–water partition coefficient (Wildman–Crippen LogP) is 4.02. The van der Waals surface area contributed by atoms with Gasteiger partial charge in [-0.25, -0.2) is 0 Å². The number of rotatable bonds is 8. The fourth-order valence-corrected chi connectivity index (χ4v) is 2.43. The Bertz CT molecular complexity index is 507. The van der Waals surface area contributed by atoms with Crippen molar-refractivity contribution in [1.29, 1.82) is 0 Å². The lowest BCUT2D eigenvalue weighted by molar-refractivity contribution is 0.414. The van der Waals surface area contributed by atoms with Crippen molar-refractivity contribution < 1.29 is 4.74 Å². The predicted molar refractivity (Wildman–Crippen MR) is 89.0 cm³/mol. The quantitative estimate of drug-likeness (QED) is 0.739. The van der Waals surface area contributed by atoms with Gasteiger partial charge in [-0.3, -0.25) is 0 Å². The van der Waals surface area contributed by atoms with Crippen LogP contribution in [0.3, 0.4) is 0 Å². The Kier molecular flexibility index (Phi) is 6.29. The lowest BCUT2D eigenvalue weighted by Crippen LogP contribution is -2.21. The molecule has 0 fully saturated rings. The Balaban J connectivity index is 1.65. The summed E-state index contributed by atoms with van der Waals surface area (Å²) < 4.78 is 5.19. The molecular formula is C19H25NO. The third-order valence-electron chi connectivity index (χ3n) is 3.80. The molecule has 0 aliphatic heterocycles. The SMILES string of the molecule is COc1ccc(C(C)CNCCCc2ccccc2)cc1. The molecule has 0 saturated heterocycles.